The van der Waals surface area contributed by atoms with Gasteiger partial charge >= 0.3 is 0 Å². The second kappa shape index (κ2) is 4.30. The van der Waals surface area contributed by atoms with Crippen LogP contribution < -0.4 is 10.5 Å². The van der Waals surface area contributed by atoms with E-state index in [-0.39, 0.29) is 29.0 Å². The monoisotopic (exact) mass is 272 g/mol. The van der Waals surface area contributed by atoms with E-state index in [2.05, 4.69) is 14.9 Å². The van der Waals surface area contributed by atoms with Crippen LogP contribution in [0.4, 0.5) is 0 Å². The lowest BCUT2D eigenvalue weighted by atomic mass is 9.69. The summed E-state index contributed by atoms with van der Waals surface area (Å²) in [6, 6.07) is -0.507. The largest absolute Gasteiger partial charge is 0.376 e. The molecule has 1 saturated carbocycles. The fraction of sp³-hybridized carbons (Fsp3) is 0.700. The van der Waals surface area contributed by atoms with E-state index in [9.17, 15) is 8.42 Å². The Kier molecular flexibility index (Phi) is 2.89. The molecule has 0 radical (unpaired) electrons. The second-order valence-electron chi connectivity index (χ2n) is 4.80. The highest BCUT2D eigenvalue weighted by molar-refractivity contribution is 7.89. The Bertz CT molecular complexity index is 515. The molecule has 1 aliphatic heterocycles. The Morgan fingerprint density at radius 3 is 3.11 bits per heavy atom. The van der Waals surface area contributed by atoms with Gasteiger partial charge in [0.2, 0.25) is 10.0 Å². The lowest BCUT2D eigenvalue weighted by Gasteiger charge is -2.52. The third-order valence-corrected chi connectivity index (χ3v) is 5.18. The van der Waals surface area contributed by atoms with Gasteiger partial charge in [0.25, 0.3) is 0 Å². The molecule has 0 amide bonds. The van der Waals surface area contributed by atoms with Gasteiger partial charge in [-0.2, -0.15) is 5.10 Å². The maximum absolute atomic E-state index is 12.0. The van der Waals surface area contributed by atoms with Gasteiger partial charge in [0.05, 0.1) is 18.3 Å². The van der Waals surface area contributed by atoms with E-state index in [1.165, 1.54) is 12.4 Å². The minimum atomic E-state index is -3.56. The molecule has 1 aromatic rings. The maximum atomic E-state index is 12.0. The minimum absolute atomic E-state index is 0.0876. The number of aromatic amines is 1. The topological polar surface area (TPSA) is 110 Å². The first-order chi connectivity index (χ1) is 8.59. The molecule has 0 aromatic carbocycles. The molecule has 1 aromatic heterocycles. The molecule has 4 unspecified atom stereocenters. The molecule has 18 heavy (non-hydrogen) atoms. The van der Waals surface area contributed by atoms with E-state index in [1.807, 2.05) is 0 Å². The van der Waals surface area contributed by atoms with Crippen molar-refractivity contribution in [2.75, 3.05) is 6.61 Å². The van der Waals surface area contributed by atoms with E-state index >= 15 is 0 Å². The Hall–Kier alpha value is -0.960. The van der Waals surface area contributed by atoms with Crippen LogP contribution >= 0.6 is 0 Å². The number of hydrogen-bond donors (Lipinski definition) is 3. The van der Waals surface area contributed by atoms with Crippen LogP contribution in [0.5, 0.6) is 0 Å². The summed E-state index contributed by atoms with van der Waals surface area (Å²) in [6.45, 7) is 0.678. The lowest BCUT2D eigenvalue weighted by molar-refractivity contribution is -0.114. The molecular weight excluding hydrogens is 256 g/mol. The van der Waals surface area contributed by atoms with Crippen LogP contribution in [0.1, 0.15) is 12.8 Å². The van der Waals surface area contributed by atoms with Crippen molar-refractivity contribution in [2.24, 2.45) is 11.7 Å². The molecule has 0 spiro atoms. The molecule has 2 fully saturated rings. The molecule has 7 nitrogen and oxygen atoms in total. The number of fused-ring (bicyclic) bond motifs is 1. The molecule has 1 saturated heterocycles. The smallest absolute Gasteiger partial charge is 0.244 e. The molecule has 4 N–H and O–H groups in total. The van der Waals surface area contributed by atoms with Crippen molar-refractivity contribution in [3.63, 3.8) is 0 Å². The summed E-state index contributed by atoms with van der Waals surface area (Å²) in [6.07, 6.45) is 4.53. The second-order valence-corrected chi connectivity index (χ2v) is 6.51. The van der Waals surface area contributed by atoms with Gasteiger partial charge in [-0.25, -0.2) is 13.1 Å². The standard InChI is InChI=1S/C10H16N4O3S/c11-8-7-2-1-3-17-10(7)9(8)14-18(15,16)6-4-12-13-5-6/h4-5,7-10,14H,1-3,11H2,(H,12,13). The average Bonchev–Trinajstić information content (AvgIpc) is 2.90. The Morgan fingerprint density at radius 2 is 2.39 bits per heavy atom. The third kappa shape index (κ3) is 1.85. The number of rotatable bonds is 3. The van der Waals surface area contributed by atoms with Crippen molar-refractivity contribution in [1.82, 2.24) is 14.9 Å². The molecular formula is C10H16N4O3S. The van der Waals surface area contributed by atoms with Gasteiger partial charge in [-0.3, -0.25) is 5.10 Å². The number of H-pyrrole nitrogens is 1. The van der Waals surface area contributed by atoms with Crippen LogP contribution in [0.15, 0.2) is 17.3 Å². The molecule has 2 heterocycles. The number of nitrogens with zero attached hydrogens (tertiary/aromatic N) is 1. The van der Waals surface area contributed by atoms with Crippen molar-refractivity contribution in [3.8, 4) is 0 Å². The molecule has 0 bridgehead atoms. The Balaban J connectivity index is 1.74. The van der Waals surface area contributed by atoms with Crippen molar-refractivity contribution in [1.29, 1.82) is 0 Å². The van der Waals surface area contributed by atoms with Crippen molar-refractivity contribution >= 4 is 10.0 Å². The summed E-state index contributed by atoms with van der Waals surface area (Å²) in [4.78, 5) is 0.119. The summed E-state index contributed by atoms with van der Waals surface area (Å²) in [7, 11) is -3.56. The zero-order valence-electron chi connectivity index (χ0n) is 9.74. The molecule has 1 aliphatic carbocycles. The highest BCUT2D eigenvalue weighted by atomic mass is 32.2. The highest BCUT2D eigenvalue weighted by Crippen LogP contribution is 2.37. The van der Waals surface area contributed by atoms with Crippen LogP contribution in [0.25, 0.3) is 0 Å². The van der Waals surface area contributed by atoms with Gasteiger partial charge in [-0.1, -0.05) is 0 Å². The maximum Gasteiger partial charge on any atom is 0.244 e. The average molecular weight is 272 g/mol. The molecule has 2 aliphatic rings. The lowest BCUT2D eigenvalue weighted by Crippen LogP contribution is -2.71. The Labute approximate surface area is 105 Å². The SMILES string of the molecule is NC1C2CCCOC2C1NS(=O)(=O)c1cn[nH]c1. The van der Waals surface area contributed by atoms with Crippen LogP contribution in [-0.4, -0.2) is 43.4 Å². The van der Waals surface area contributed by atoms with Gasteiger partial charge in [0.15, 0.2) is 0 Å². The number of nitrogens with one attached hydrogen (secondary N) is 2. The first-order valence-electron chi connectivity index (χ1n) is 5.98. The number of sulfonamides is 1. The number of hydrogen-bond acceptors (Lipinski definition) is 5. The van der Waals surface area contributed by atoms with E-state index in [4.69, 9.17) is 10.5 Å². The number of aromatic nitrogens is 2. The molecule has 100 valence electrons. The van der Waals surface area contributed by atoms with E-state index < -0.39 is 10.0 Å². The van der Waals surface area contributed by atoms with Gasteiger partial charge in [-0.05, 0) is 12.8 Å². The summed E-state index contributed by atoms with van der Waals surface area (Å²) < 4.78 is 32.3. The fourth-order valence-electron chi connectivity index (χ4n) is 2.73. The quantitative estimate of drug-likeness (QED) is 0.667. The molecule has 8 heteroatoms. The van der Waals surface area contributed by atoms with Gasteiger partial charge < -0.3 is 10.5 Å². The van der Waals surface area contributed by atoms with Gasteiger partial charge in [0.1, 0.15) is 4.90 Å². The summed E-state index contributed by atoms with van der Waals surface area (Å²) in [5, 5.41) is 6.11. The zero-order valence-corrected chi connectivity index (χ0v) is 10.6. The third-order valence-electron chi connectivity index (χ3n) is 3.75. The molecule has 4 atom stereocenters. The minimum Gasteiger partial charge on any atom is -0.376 e. The van der Waals surface area contributed by atoms with Crippen molar-refractivity contribution in [3.05, 3.63) is 12.4 Å². The highest BCUT2D eigenvalue weighted by Gasteiger charge is 2.51. The summed E-state index contributed by atoms with van der Waals surface area (Å²) >= 11 is 0. The first-order valence-corrected chi connectivity index (χ1v) is 7.46. The van der Waals surface area contributed by atoms with Gasteiger partial charge in [0, 0.05) is 24.8 Å². The van der Waals surface area contributed by atoms with Gasteiger partial charge in [-0.15, -0.1) is 0 Å². The predicted octanol–water partition coefficient (Wildman–Crippen LogP) is -0.807. The van der Waals surface area contributed by atoms with Crippen LogP contribution in [0.3, 0.4) is 0 Å². The van der Waals surface area contributed by atoms with Crippen LogP contribution in [-0.2, 0) is 14.8 Å². The first kappa shape index (κ1) is 12.1. The number of nitrogens with two attached hydrogens (primary N) is 1. The summed E-state index contributed by atoms with van der Waals surface area (Å²) in [5.41, 5.74) is 6.01. The van der Waals surface area contributed by atoms with Crippen LogP contribution in [0, 0.1) is 5.92 Å². The van der Waals surface area contributed by atoms with Crippen LogP contribution in [0.2, 0.25) is 0 Å². The van der Waals surface area contributed by atoms with E-state index in [1.54, 1.807) is 0 Å². The normalized spacial score (nSPS) is 35.8. The van der Waals surface area contributed by atoms with E-state index in [0.29, 0.717) is 6.61 Å². The summed E-state index contributed by atoms with van der Waals surface area (Å²) in [5.74, 6) is 0.274. The Morgan fingerprint density at radius 1 is 1.56 bits per heavy atom. The fourth-order valence-corrected chi connectivity index (χ4v) is 3.91. The molecule has 3 rings (SSSR count). The van der Waals surface area contributed by atoms with Crippen molar-refractivity contribution in [2.45, 2.75) is 35.9 Å². The number of ether oxygens (including phenoxy) is 1. The van der Waals surface area contributed by atoms with E-state index in [0.717, 1.165) is 12.8 Å². The van der Waals surface area contributed by atoms with Crippen molar-refractivity contribution < 1.29 is 13.2 Å². The zero-order chi connectivity index (χ0) is 12.8. The predicted molar refractivity (Wildman–Crippen MR) is 63.1 cm³/mol.